The number of carbonyl (C=O) groups is 1. The molecule has 1 saturated heterocycles. The minimum atomic E-state index is 0.168. The van der Waals surface area contributed by atoms with Gasteiger partial charge in [-0.1, -0.05) is 13.0 Å². The number of halogens is 1. The van der Waals surface area contributed by atoms with Crippen LogP contribution in [0.15, 0.2) is 24.3 Å². The molecule has 1 fully saturated rings. The third-order valence-corrected chi connectivity index (χ3v) is 3.09. The molecule has 0 radical (unpaired) electrons. The molecule has 1 aromatic carbocycles. The van der Waals surface area contributed by atoms with Crippen LogP contribution in [0.1, 0.15) is 17.3 Å². The van der Waals surface area contributed by atoms with Crippen LogP contribution in [-0.2, 0) is 0 Å². The van der Waals surface area contributed by atoms with Gasteiger partial charge in [0.05, 0.1) is 0 Å². The average molecular weight is 301 g/mol. The van der Waals surface area contributed by atoms with Gasteiger partial charge in [0.15, 0.2) is 0 Å². The Hall–Kier alpha value is -0.580. The van der Waals surface area contributed by atoms with Crippen molar-refractivity contribution in [3.63, 3.8) is 0 Å². The predicted molar refractivity (Wildman–Crippen MR) is 64.2 cm³/mol. The summed E-state index contributed by atoms with van der Waals surface area (Å²) in [5.74, 6) is 0.836. The highest BCUT2D eigenvalue weighted by atomic mass is 127. The topological polar surface area (TPSA) is 20.3 Å². The fraction of sp³-hybridized carbons (Fsp3) is 0.364. The molecule has 0 spiro atoms. The van der Waals surface area contributed by atoms with Crippen LogP contribution < -0.4 is 0 Å². The summed E-state index contributed by atoms with van der Waals surface area (Å²) in [6, 6.07) is 7.74. The molecule has 14 heavy (non-hydrogen) atoms. The summed E-state index contributed by atoms with van der Waals surface area (Å²) in [6.07, 6.45) is 0. The van der Waals surface area contributed by atoms with Crippen molar-refractivity contribution in [3.05, 3.63) is 33.4 Å². The van der Waals surface area contributed by atoms with Crippen LogP contribution in [0, 0.1) is 9.49 Å². The minimum absolute atomic E-state index is 0.168. The van der Waals surface area contributed by atoms with Gasteiger partial charge in [-0.15, -0.1) is 0 Å². The van der Waals surface area contributed by atoms with Gasteiger partial charge in [0, 0.05) is 22.2 Å². The van der Waals surface area contributed by atoms with Crippen molar-refractivity contribution in [1.82, 2.24) is 4.90 Å². The van der Waals surface area contributed by atoms with Gasteiger partial charge in [-0.3, -0.25) is 4.79 Å². The molecule has 0 N–H and O–H groups in total. The lowest BCUT2D eigenvalue weighted by Crippen LogP contribution is -2.48. The standard InChI is InChI=1S/C11H12INO/c1-8-6-13(7-8)11(14)9-3-2-4-10(12)5-9/h2-5,8H,6-7H2,1H3. The van der Waals surface area contributed by atoms with Gasteiger partial charge in [-0.25, -0.2) is 0 Å². The Balaban J connectivity index is 2.12. The maximum absolute atomic E-state index is 11.8. The number of hydrogen-bond donors (Lipinski definition) is 0. The number of nitrogens with zero attached hydrogens (tertiary/aromatic N) is 1. The normalized spacial score (nSPS) is 16.6. The quantitative estimate of drug-likeness (QED) is 0.729. The first-order valence-electron chi connectivity index (χ1n) is 4.71. The van der Waals surface area contributed by atoms with E-state index < -0.39 is 0 Å². The molecule has 74 valence electrons. The summed E-state index contributed by atoms with van der Waals surface area (Å²) in [7, 11) is 0. The molecule has 1 heterocycles. The van der Waals surface area contributed by atoms with Crippen LogP contribution >= 0.6 is 22.6 Å². The van der Waals surface area contributed by atoms with Crippen molar-refractivity contribution < 1.29 is 4.79 Å². The van der Waals surface area contributed by atoms with Gasteiger partial charge < -0.3 is 4.90 Å². The maximum Gasteiger partial charge on any atom is 0.253 e. The van der Waals surface area contributed by atoms with E-state index in [1.165, 1.54) is 0 Å². The van der Waals surface area contributed by atoms with E-state index >= 15 is 0 Å². The van der Waals surface area contributed by atoms with Gasteiger partial charge >= 0.3 is 0 Å². The predicted octanol–water partition coefficient (Wildman–Crippen LogP) is 2.38. The second kappa shape index (κ2) is 3.88. The van der Waals surface area contributed by atoms with Crippen LogP contribution in [0.3, 0.4) is 0 Å². The zero-order chi connectivity index (χ0) is 10.1. The Morgan fingerprint density at radius 3 is 2.79 bits per heavy atom. The summed E-state index contributed by atoms with van der Waals surface area (Å²) in [5, 5.41) is 0. The first-order chi connectivity index (χ1) is 6.66. The molecular weight excluding hydrogens is 289 g/mol. The molecule has 1 aliphatic heterocycles. The summed E-state index contributed by atoms with van der Waals surface area (Å²) < 4.78 is 1.11. The van der Waals surface area contributed by atoms with Crippen molar-refractivity contribution >= 4 is 28.5 Å². The molecule has 0 aromatic heterocycles. The summed E-state index contributed by atoms with van der Waals surface area (Å²) >= 11 is 2.23. The van der Waals surface area contributed by atoms with E-state index in [1.54, 1.807) is 0 Å². The van der Waals surface area contributed by atoms with E-state index in [2.05, 4.69) is 29.5 Å². The molecule has 0 atom stereocenters. The Morgan fingerprint density at radius 2 is 2.21 bits per heavy atom. The summed E-state index contributed by atoms with van der Waals surface area (Å²) in [4.78, 5) is 13.7. The molecule has 1 amide bonds. The second-order valence-corrected chi connectivity index (χ2v) is 5.07. The molecule has 0 saturated carbocycles. The van der Waals surface area contributed by atoms with E-state index in [0.29, 0.717) is 5.92 Å². The molecule has 1 aliphatic rings. The van der Waals surface area contributed by atoms with Crippen LogP contribution in [0.5, 0.6) is 0 Å². The van der Waals surface area contributed by atoms with Crippen molar-refractivity contribution in [2.24, 2.45) is 5.92 Å². The molecule has 3 heteroatoms. The first kappa shape index (κ1) is 9.96. The first-order valence-corrected chi connectivity index (χ1v) is 5.79. The Labute approximate surface area is 97.4 Å². The largest absolute Gasteiger partial charge is 0.338 e. The SMILES string of the molecule is CC1CN(C(=O)c2cccc(I)c2)C1. The van der Waals surface area contributed by atoms with Gasteiger partial charge in [0.2, 0.25) is 0 Å². The lowest BCUT2D eigenvalue weighted by atomic mass is 10.0. The van der Waals surface area contributed by atoms with Crippen molar-refractivity contribution in [1.29, 1.82) is 0 Å². The molecule has 0 aliphatic carbocycles. The number of likely N-dealkylation sites (tertiary alicyclic amines) is 1. The van der Waals surface area contributed by atoms with Gasteiger partial charge in [0.25, 0.3) is 5.91 Å². The van der Waals surface area contributed by atoms with E-state index in [9.17, 15) is 4.79 Å². The van der Waals surface area contributed by atoms with Gasteiger partial charge in [0.1, 0.15) is 0 Å². The third-order valence-electron chi connectivity index (χ3n) is 2.42. The van der Waals surface area contributed by atoms with Crippen LogP contribution in [0.4, 0.5) is 0 Å². The number of carbonyl (C=O) groups excluding carboxylic acids is 1. The number of benzene rings is 1. The zero-order valence-electron chi connectivity index (χ0n) is 8.03. The van der Waals surface area contributed by atoms with Crippen molar-refractivity contribution in [3.8, 4) is 0 Å². The molecule has 0 bridgehead atoms. The summed E-state index contributed by atoms with van der Waals surface area (Å²) in [5.41, 5.74) is 0.809. The number of hydrogen-bond acceptors (Lipinski definition) is 1. The highest BCUT2D eigenvalue weighted by Gasteiger charge is 2.27. The number of rotatable bonds is 1. The Morgan fingerprint density at radius 1 is 1.50 bits per heavy atom. The maximum atomic E-state index is 11.8. The van der Waals surface area contributed by atoms with E-state index in [1.807, 2.05) is 29.2 Å². The Bertz CT molecular complexity index is 358. The van der Waals surface area contributed by atoms with Crippen LogP contribution in [-0.4, -0.2) is 23.9 Å². The molecule has 2 rings (SSSR count). The van der Waals surface area contributed by atoms with Crippen molar-refractivity contribution in [2.75, 3.05) is 13.1 Å². The molecular formula is C11H12INO. The minimum Gasteiger partial charge on any atom is -0.338 e. The highest BCUT2D eigenvalue weighted by Crippen LogP contribution is 2.18. The third kappa shape index (κ3) is 1.92. The van der Waals surface area contributed by atoms with E-state index in [-0.39, 0.29) is 5.91 Å². The van der Waals surface area contributed by atoms with Gasteiger partial charge in [-0.05, 0) is 46.7 Å². The lowest BCUT2D eigenvalue weighted by Gasteiger charge is -2.37. The summed E-state index contributed by atoms with van der Waals surface area (Å²) in [6.45, 7) is 3.98. The van der Waals surface area contributed by atoms with Crippen molar-refractivity contribution in [2.45, 2.75) is 6.92 Å². The monoisotopic (exact) mass is 301 g/mol. The second-order valence-electron chi connectivity index (χ2n) is 3.83. The molecule has 2 nitrogen and oxygen atoms in total. The van der Waals surface area contributed by atoms with Crippen LogP contribution in [0.25, 0.3) is 0 Å². The highest BCUT2D eigenvalue weighted by molar-refractivity contribution is 14.1. The molecule has 1 aromatic rings. The van der Waals surface area contributed by atoms with Gasteiger partial charge in [-0.2, -0.15) is 0 Å². The lowest BCUT2D eigenvalue weighted by molar-refractivity contribution is 0.0530. The van der Waals surface area contributed by atoms with E-state index in [0.717, 1.165) is 22.2 Å². The van der Waals surface area contributed by atoms with Crippen LogP contribution in [0.2, 0.25) is 0 Å². The molecule has 0 unspecified atom stereocenters. The number of amides is 1. The Kier molecular flexibility index (Phi) is 2.76. The zero-order valence-corrected chi connectivity index (χ0v) is 10.2. The fourth-order valence-corrected chi connectivity index (χ4v) is 2.21. The average Bonchev–Trinajstić information content (AvgIpc) is 2.12. The fourth-order valence-electron chi connectivity index (χ4n) is 1.67. The smallest absolute Gasteiger partial charge is 0.253 e. The van der Waals surface area contributed by atoms with E-state index in [4.69, 9.17) is 0 Å².